The lowest BCUT2D eigenvalue weighted by atomic mass is 10.1. The smallest absolute Gasteiger partial charge is 0.335 e. The van der Waals surface area contributed by atoms with Gasteiger partial charge in [0.1, 0.15) is 0 Å². The van der Waals surface area contributed by atoms with Gasteiger partial charge < -0.3 is 15.2 Å². The zero-order valence-corrected chi connectivity index (χ0v) is 8.68. The van der Waals surface area contributed by atoms with Crippen molar-refractivity contribution < 1.29 is 14.3 Å². The summed E-state index contributed by atoms with van der Waals surface area (Å²) in [5.41, 5.74) is 6.26. The van der Waals surface area contributed by atoms with Gasteiger partial charge in [-0.3, -0.25) is 0 Å². The quantitative estimate of drug-likeness (QED) is 0.573. The van der Waals surface area contributed by atoms with Gasteiger partial charge in [-0.15, -0.1) is 0 Å². The number of rotatable bonds is 5. The lowest BCUT2D eigenvalue weighted by molar-refractivity contribution is -0.153. The Bertz CT molecular complexity index is 300. The van der Waals surface area contributed by atoms with Crippen molar-refractivity contribution in [3.05, 3.63) is 35.9 Å². The highest BCUT2D eigenvalue weighted by molar-refractivity contribution is 5.74. The number of carbonyl (C=O) groups is 1. The first-order valence-corrected chi connectivity index (χ1v) is 4.71. The van der Waals surface area contributed by atoms with Crippen LogP contribution in [0.5, 0.6) is 0 Å². The molecule has 0 heterocycles. The van der Waals surface area contributed by atoms with E-state index in [1.165, 1.54) is 7.11 Å². The maximum absolute atomic E-state index is 11.3. The highest BCUT2D eigenvalue weighted by Gasteiger charge is 2.19. The van der Waals surface area contributed by atoms with Crippen molar-refractivity contribution in [3.8, 4) is 0 Å². The van der Waals surface area contributed by atoms with Crippen LogP contribution in [0, 0.1) is 0 Å². The van der Waals surface area contributed by atoms with Crippen molar-refractivity contribution in [3.63, 3.8) is 0 Å². The van der Waals surface area contributed by atoms with E-state index in [2.05, 4.69) is 4.74 Å². The van der Waals surface area contributed by atoms with Gasteiger partial charge in [0.15, 0.2) is 6.10 Å². The van der Waals surface area contributed by atoms with E-state index >= 15 is 0 Å². The molecule has 0 radical (unpaired) electrons. The first-order chi connectivity index (χ1) is 7.27. The Balaban J connectivity index is 2.62. The van der Waals surface area contributed by atoms with Crippen LogP contribution in [-0.4, -0.2) is 25.9 Å². The molecule has 1 unspecified atom stereocenters. The Labute approximate surface area is 89.0 Å². The second-order valence-electron chi connectivity index (χ2n) is 3.03. The van der Waals surface area contributed by atoms with Crippen LogP contribution in [-0.2, 0) is 20.7 Å². The molecule has 0 saturated carbocycles. The van der Waals surface area contributed by atoms with Gasteiger partial charge >= 0.3 is 5.97 Å². The highest BCUT2D eigenvalue weighted by atomic mass is 16.6. The van der Waals surface area contributed by atoms with E-state index in [9.17, 15) is 4.79 Å². The molecule has 1 aromatic carbocycles. The average molecular weight is 209 g/mol. The zero-order chi connectivity index (χ0) is 11.1. The first kappa shape index (κ1) is 11.7. The van der Waals surface area contributed by atoms with Crippen molar-refractivity contribution in [2.75, 3.05) is 13.8 Å². The topological polar surface area (TPSA) is 61.5 Å². The Morgan fingerprint density at radius 3 is 2.60 bits per heavy atom. The summed E-state index contributed by atoms with van der Waals surface area (Å²) < 4.78 is 9.72. The summed E-state index contributed by atoms with van der Waals surface area (Å²) in [6.45, 7) is 0.00655. The third kappa shape index (κ3) is 3.69. The highest BCUT2D eigenvalue weighted by Crippen LogP contribution is 2.06. The molecule has 1 aromatic rings. The molecule has 0 aliphatic carbocycles. The summed E-state index contributed by atoms with van der Waals surface area (Å²) in [7, 11) is 1.33. The van der Waals surface area contributed by atoms with Gasteiger partial charge in [-0.05, 0) is 5.56 Å². The van der Waals surface area contributed by atoms with Gasteiger partial charge in [0.2, 0.25) is 0 Å². The fourth-order valence-corrected chi connectivity index (χ4v) is 1.29. The minimum Gasteiger partial charge on any atom is -0.467 e. The molecule has 0 bridgehead atoms. The molecule has 0 saturated heterocycles. The van der Waals surface area contributed by atoms with E-state index < -0.39 is 12.1 Å². The number of nitrogens with two attached hydrogens (primary N) is 1. The van der Waals surface area contributed by atoms with Crippen molar-refractivity contribution in [2.45, 2.75) is 12.5 Å². The second kappa shape index (κ2) is 6.16. The summed E-state index contributed by atoms with van der Waals surface area (Å²) >= 11 is 0. The summed E-state index contributed by atoms with van der Waals surface area (Å²) in [6, 6.07) is 9.59. The SMILES string of the molecule is COC(=O)C(Cc1ccccc1)OCN. The number of esters is 1. The molecule has 0 fully saturated rings. The predicted octanol–water partition coefficient (Wildman–Crippen LogP) is 0.703. The standard InChI is InChI=1S/C11H15NO3/c1-14-11(13)10(15-8-12)7-9-5-3-2-4-6-9/h2-6,10H,7-8,12H2,1H3. The van der Waals surface area contributed by atoms with Crippen LogP contribution in [0.25, 0.3) is 0 Å². The molecule has 4 heteroatoms. The number of ether oxygens (including phenoxy) is 2. The maximum Gasteiger partial charge on any atom is 0.335 e. The molecule has 1 atom stereocenters. The molecular weight excluding hydrogens is 194 g/mol. The minimum atomic E-state index is -0.623. The molecule has 0 spiro atoms. The Morgan fingerprint density at radius 1 is 1.40 bits per heavy atom. The zero-order valence-electron chi connectivity index (χ0n) is 8.68. The van der Waals surface area contributed by atoms with Gasteiger partial charge in [-0.2, -0.15) is 0 Å². The van der Waals surface area contributed by atoms with Crippen LogP contribution in [0.2, 0.25) is 0 Å². The fraction of sp³-hybridized carbons (Fsp3) is 0.364. The number of hydrogen-bond donors (Lipinski definition) is 1. The fourth-order valence-electron chi connectivity index (χ4n) is 1.29. The van der Waals surface area contributed by atoms with Gasteiger partial charge in [0.05, 0.1) is 13.8 Å². The molecule has 82 valence electrons. The van der Waals surface area contributed by atoms with Gasteiger partial charge in [0.25, 0.3) is 0 Å². The van der Waals surface area contributed by atoms with E-state index in [-0.39, 0.29) is 6.73 Å². The van der Waals surface area contributed by atoms with Crippen LogP contribution in [0.15, 0.2) is 30.3 Å². The number of benzene rings is 1. The van der Waals surface area contributed by atoms with Gasteiger partial charge in [-0.1, -0.05) is 30.3 Å². The molecule has 2 N–H and O–H groups in total. The second-order valence-corrected chi connectivity index (χ2v) is 3.03. The van der Waals surface area contributed by atoms with Crippen LogP contribution in [0.3, 0.4) is 0 Å². The Morgan fingerprint density at radius 2 is 2.07 bits per heavy atom. The van der Waals surface area contributed by atoms with Gasteiger partial charge in [0, 0.05) is 6.42 Å². The van der Waals surface area contributed by atoms with E-state index in [4.69, 9.17) is 10.5 Å². The van der Waals surface area contributed by atoms with Crippen molar-refractivity contribution in [2.24, 2.45) is 5.73 Å². The summed E-state index contributed by atoms with van der Waals surface area (Å²) in [5.74, 6) is -0.399. The molecule has 0 aromatic heterocycles. The normalized spacial score (nSPS) is 12.1. The summed E-state index contributed by atoms with van der Waals surface area (Å²) in [6.07, 6.45) is -0.146. The molecule has 0 aliphatic heterocycles. The van der Waals surface area contributed by atoms with Crippen LogP contribution in [0.1, 0.15) is 5.56 Å². The molecular formula is C11H15NO3. The van der Waals surface area contributed by atoms with E-state index in [0.29, 0.717) is 6.42 Å². The molecule has 0 aliphatic rings. The third-order valence-electron chi connectivity index (χ3n) is 2.03. The van der Waals surface area contributed by atoms with Crippen LogP contribution in [0.4, 0.5) is 0 Å². The molecule has 15 heavy (non-hydrogen) atoms. The van der Waals surface area contributed by atoms with Crippen LogP contribution < -0.4 is 5.73 Å². The monoisotopic (exact) mass is 209 g/mol. The van der Waals surface area contributed by atoms with Gasteiger partial charge in [-0.25, -0.2) is 4.79 Å². The van der Waals surface area contributed by atoms with Crippen molar-refractivity contribution in [1.29, 1.82) is 0 Å². The number of carbonyl (C=O) groups excluding carboxylic acids is 1. The first-order valence-electron chi connectivity index (χ1n) is 4.71. The van der Waals surface area contributed by atoms with E-state index in [1.807, 2.05) is 30.3 Å². The number of hydrogen-bond acceptors (Lipinski definition) is 4. The third-order valence-corrected chi connectivity index (χ3v) is 2.03. The Kier molecular flexibility index (Phi) is 4.80. The lowest BCUT2D eigenvalue weighted by Crippen LogP contribution is -2.30. The maximum atomic E-state index is 11.3. The summed E-state index contributed by atoms with van der Waals surface area (Å²) in [4.78, 5) is 11.3. The van der Waals surface area contributed by atoms with Crippen molar-refractivity contribution in [1.82, 2.24) is 0 Å². The molecule has 4 nitrogen and oxygen atoms in total. The lowest BCUT2D eigenvalue weighted by Gasteiger charge is -2.14. The molecule has 0 amide bonds. The minimum absolute atomic E-state index is 0.00655. The van der Waals surface area contributed by atoms with Crippen LogP contribution >= 0.6 is 0 Å². The van der Waals surface area contributed by atoms with E-state index in [1.54, 1.807) is 0 Å². The predicted molar refractivity (Wildman–Crippen MR) is 56.1 cm³/mol. The molecule has 1 rings (SSSR count). The average Bonchev–Trinajstić information content (AvgIpc) is 2.29. The largest absolute Gasteiger partial charge is 0.467 e. The summed E-state index contributed by atoms with van der Waals surface area (Å²) in [5, 5.41) is 0. The number of methoxy groups -OCH3 is 1. The van der Waals surface area contributed by atoms with Crippen molar-refractivity contribution >= 4 is 5.97 Å². The Hall–Kier alpha value is -1.39. The van der Waals surface area contributed by atoms with E-state index in [0.717, 1.165) is 5.56 Å².